The monoisotopic (exact) mass is 371 g/mol. The predicted octanol–water partition coefficient (Wildman–Crippen LogP) is 3.22. The van der Waals surface area contributed by atoms with E-state index in [0.717, 1.165) is 5.56 Å². The summed E-state index contributed by atoms with van der Waals surface area (Å²) in [5.74, 6) is -0.627. The van der Waals surface area contributed by atoms with E-state index in [4.69, 9.17) is 9.47 Å². The molecule has 27 heavy (non-hydrogen) atoms. The molecule has 6 nitrogen and oxygen atoms in total. The average Bonchev–Trinajstić information content (AvgIpc) is 2.65. The summed E-state index contributed by atoms with van der Waals surface area (Å²) in [5, 5.41) is 12.1. The van der Waals surface area contributed by atoms with Crippen LogP contribution in [0.1, 0.15) is 41.4 Å². The third-order valence-corrected chi connectivity index (χ3v) is 4.01. The molecule has 0 saturated heterocycles. The van der Waals surface area contributed by atoms with Gasteiger partial charge in [0.25, 0.3) is 0 Å². The number of para-hydroxylation sites is 1. The summed E-state index contributed by atoms with van der Waals surface area (Å²) in [6.07, 6.45) is -0.424. The van der Waals surface area contributed by atoms with Gasteiger partial charge in [-0.05, 0) is 31.5 Å². The molecule has 0 aliphatic carbocycles. The molecule has 0 saturated carbocycles. The molecule has 6 heteroatoms. The van der Waals surface area contributed by atoms with Crippen molar-refractivity contribution in [3.05, 3.63) is 65.2 Å². The van der Waals surface area contributed by atoms with E-state index in [0.29, 0.717) is 11.3 Å². The Bertz CT molecular complexity index is 788. The van der Waals surface area contributed by atoms with Gasteiger partial charge >= 0.3 is 5.97 Å². The van der Waals surface area contributed by atoms with Crippen LogP contribution in [0.4, 0.5) is 0 Å². The number of hydrogen-bond donors (Lipinski definition) is 2. The molecule has 2 aromatic carbocycles. The van der Waals surface area contributed by atoms with E-state index < -0.39 is 5.97 Å². The van der Waals surface area contributed by atoms with Crippen molar-refractivity contribution < 1.29 is 24.2 Å². The van der Waals surface area contributed by atoms with Crippen molar-refractivity contribution in [2.75, 3.05) is 13.7 Å². The van der Waals surface area contributed by atoms with Crippen LogP contribution in [-0.2, 0) is 16.0 Å². The van der Waals surface area contributed by atoms with Gasteiger partial charge in [-0.15, -0.1) is 0 Å². The summed E-state index contributed by atoms with van der Waals surface area (Å²) in [4.78, 5) is 23.7. The van der Waals surface area contributed by atoms with E-state index >= 15 is 0 Å². The fraction of sp³-hybridized carbons (Fsp3) is 0.333. The lowest BCUT2D eigenvalue weighted by atomic mass is 10.0. The van der Waals surface area contributed by atoms with Gasteiger partial charge < -0.3 is 19.9 Å². The quantitative estimate of drug-likeness (QED) is 0.707. The number of amides is 1. The Morgan fingerprint density at radius 3 is 2.41 bits per heavy atom. The van der Waals surface area contributed by atoms with Gasteiger partial charge in [0.15, 0.2) is 0 Å². The van der Waals surface area contributed by atoms with Gasteiger partial charge in [-0.3, -0.25) is 4.79 Å². The summed E-state index contributed by atoms with van der Waals surface area (Å²) >= 11 is 0. The van der Waals surface area contributed by atoms with E-state index in [1.165, 1.54) is 6.07 Å². The molecule has 144 valence electrons. The van der Waals surface area contributed by atoms with E-state index in [1.54, 1.807) is 25.3 Å². The number of nitrogens with one attached hydrogen (secondary N) is 1. The molecule has 0 fully saturated rings. The summed E-state index contributed by atoms with van der Waals surface area (Å²) in [6.45, 7) is 4.10. The molecule has 0 aromatic heterocycles. The SMILES string of the molecule is COc1ccccc1C(CNC(=O)Cc1ccccc1C(=O)O)OC(C)C. The zero-order chi connectivity index (χ0) is 19.8. The maximum absolute atomic E-state index is 12.4. The highest BCUT2D eigenvalue weighted by Crippen LogP contribution is 2.28. The number of carbonyl (C=O) groups is 2. The molecule has 0 bridgehead atoms. The Hall–Kier alpha value is -2.86. The van der Waals surface area contributed by atoms with Crippen LogP contribution in [0.3, 0.4) is 0 Å². The van der Waals surface area contributed by atoms with Gasteiger partial charge in [-0.1, -0.05) is 36.4 Å². The van der Waals surface area contributed by atoms with Gasteiger partial charge in [0, 0.05) is 12.1 Å². The number of aromatic carboxylic acids is 1. The number of carboxylic acid groups (broad SMARTS) is 1. The second kappa shape index (κ2) is 9.73. The van der Waals surface area contributed by atoms with Crippen LogP contribution in [0.2, 0.25) is 0 Å². The Morgan fingerprint density at radius 1 is 1.07 bits per heavy atom. The average molecular weight is 371 g/mol. The highest BCUT2D eigenvalue weighted by molar-refractivity contribution is 5.91. The van der Waals surface area contributed by atoms with Crippen LogP contribution in [0, 0.1) is 0 Å². The first-order valence-electron chi connectivity index (χ1n) is 8.78. The van der Waals surface area contributed by atoms with Crippen LogP contribution >= 0.6 is 0 Å². The van der Waals surface area contributed by atoms with Crippen LogP contribution in [0.25, 0.3) is 0 Å². The van der Waals surface area contributed by atoms with Crippen molar-refractivity contribution in [1.29, 1.82) is 0 Å². The Balaban J connectivity index is 2.09. The van der Waals surface area contributed by atoms with Gasteiger partial charge in [-0.25, -0.2) is 4.79 Å². The maximum Gasteiger partial charge on any atom is 0.335 e. The van der Waals surface area contributed by atoms with E-state index in [1.807, 2.05) is 38.1 Å². The van der Waals surface area contributed by atoms with Crippen molar-refractivity contribution >= 4 is 11.9 Å². The van der Waals surface area contributed by atoms with Crippen LogP contribution in [0.15, 0.2) is 48.5 Å². The molecule has 0 heterocycles. The summed E-state index contributed by atoms with van der Waals surface area (Å²) in [7, 11) is 1.59. The Kier molecular flexibility index (Phi) is 7.37. The second-order valence-electron chi connectivity index (χ2n) is 6.36. The zero-order valence-corrected chi connectivity index (χ0v) is 15.8. The number of methoxy groups -OCH3 is 1. The highest BCUT2D eigenvalue weighted by Gasteiger charge is 2.20. The summed E-state index contributed by atoms with van der Waals surface area (Å²) < 4.78 is 11.3. The smallest absolute Gasteiger partial charge is 0.335 e. The zero-order valence-electron chi connectivity index (χ0n) is 15.8. The van der Waals surface area contributed by atoms with Gasteiger partial charge in [0.1, 0.15) is 11.9 Å². The standard InChI is InChI=1S/C21H25NO5/c1-14(2)27-19(17-10-6-7-11-18(17)26-3)13-22-20(23)12-15-8-4-5-9-16(15)21(24)25/h4-11,14,19H,12-13H2,1-3H3,(H,22,23)(H,24,25). The van der Waals surface area contributed by atoms with Crippen molar-refractivity contribution in [2.45, 2.75) is 32.5 Å². The molecular weight excluding hydrogens is 346 g/mol. The van der Waals surface area contributed by atoms with Crippen molar-refractivity contribution in [3.8, 4) is 5.75 Å². The minimum Gasteiger partial charge on any atom is -0.496 e. The lowest BCUT2D eigenvalue weighted by Gasteiger charge is -2.23. The van der Waals surface area contributed by atoms with Crippen LogP contribution in [0.5, 0.6) is 5.75 Å². The van der Waals surface area contributed by atoms with Crippen molar-refractivity contribution in [1.82, 2.24) is 5.32 Å². The number of benzene rings is 2. The number of rotatable bonds is 9. The molecule has 1 amide bonds. The first kappa shape index (κ1) is 20.5. The van der Waals surface area contributed by atoms with Gasteiger partial charge in [0.05, 0.1) is 25.2 Å². The largest absolute Gasteiger partial charge is 0.496 e. The molecule has 2 N–H and O–H groups in total. The number of ether oxygens (including phenoxy) is 2. The number of carboxylic acids is 1. The number of hydrogen-bond acceptors (Lipinski definition) is 4. The van der Waals surface area contributed by atoms with Crippen molar-refractivity contribution in [3.63, 3.8) is 0 Å². The fourth-order valence-corrected chi connectivity index (χ4v) is 2.82. The fourth-order valence-electron chi connectivity index (χ4n) is 2.82. The third kappa shape index (κ3) is 5.82. The van der Waals surface area contributed by atoms with E-state index in [9.17, 15) is 14.7 Å². The molecule has 0 aliphatic rings. The molecular formula is C21H25NO5. The first-order valence-corrected chi connectivity index (χ1v) is 8.78. The molecule has 2 rings (SSSR count). The molecule has 1 atom stereocenters. The Labute approximate surface area is 159 Å². The molecule has 0 aliphatic heterocycles. The third-order valence-electron chi connectivity index (χ3n) is 4.01. The summed E-state index contributed by atoms with van der Waals surface area (Å²) in [5.41, 5.74) is 1.45. The summed E-state index contributed by atoms with van der Waals surface area (Å²) in [6, 6.07) is 14.0. The minimum atomic E-state index is -1.05. The van der Waals surface area contributed by atoms with E-state index in [2.05, 4.69) is 5.32 Å². The Morgan fingerprint density at radius 2 is 1.74 bits per heavy atom. The van der Waals surface area contributed by atoms with Crippen LogP contribution < -0.4 is 10.1 Å². The second-order valence-corrected chi connectivity index (χ2v) is 6.36. The lowest BCUT2D eigenvalue weighted by Crippen LogP contribution is -2.32. The normalized spacial score (nSPS) is 11.9. The van der Waals surface area contributed by atoms with Crippen LogP contribution in [-0.4, -0.2) is 36.7 Å². The minimum absolute atomic E-state index is 0.0111. The lowest BCUT2D eigenvalue weighted by molar-refractivity contribution is -0.121. The number of carbonyl (C=O) groups excluding carboxylic acids is 1. The molecule has 1 unspecified atom stereocenters. The van der Waals surface area contributed by atoms with E-state index in [-0.39, 0.29) is 36.6 Å². The van der Waals surface area contributed by atoms with Gasteiger partial charge in [0.2, 0.25) is 5.91 Å². The highest BCUT2D eigenvalue weighted by atomic mass is 16.5. The first-order chi connectivity index (χ1) is 12.9. The predicted molar refractivity (Wildman–Crippen MR) is 102 cm³/mol. The molecule has 2 aromatic rings. The van der Waals surface area contributed by atoms with Gasteiger partial charge in [-0.2, -0.15) is 0 Å². The van der Waals surface area contributed by atoms with Crippen molar-refractivity contribution in [2.24, 2.45) is 0 Å². The molecule has 0 radical (unpaired) electrons. The molecule has 0 spiro atoms. The topological polar surface area (TPSA) is 84.9 Å². The maximum atomic E-state index is 12.4.